The summed E-state index contributed by atoms with van der Waals surface area (Å²) >= 11 is 0. The highest BCUT2D eigenvalue weighted by atomic mass is 19.1. The molecule has 0 aromatic rings. The van der Waals surface area contributed by atoms with Gasteiger partial charge in [-0.1, -0.05) is 20.8 Å². The second-order valence-electron chi connectivity index (χ2n) is 3.16. The monoisotopic (exact) mass is 201 g/mol. The largest absolute Gasteiger partial charge is 0.381 e. The summed E-state index contributed by atoms with van der Waals surface area (Å²) in [5, 5.41) is 0. The van der Waals surface area contributed by atoms with Crippen molar-refractivity contribution in [2.24, 2.45) is 0 Å². The lowest BCUT2D eigenvalue weighted by molar-refractivity contribution is 0.508. The molecule has 0 saturated heterocycles. The van der Waals surface area contributed by atoms with E-state index >= 15 is 0 Å². The smallest absolute Gasteiger partial charge is 0.123 e. The molecular weight excluding hydrogens is 177 g/mol. The summed E-state index contributed by atoms with van der Waals surface area (Å²) in [4.78, 5) is 1.89. The molecule has 84 valence electrons. The highest BCUT2D eigenvalue weighted by molar-refractivity contribution is 5.20. The van der Waals surface area contributed by atoms with Gasteiger partial charge in [0.2, 0.25) is 0 Å². The molecule has 0 aliphatic rings. The maximum absolute atomic E-state index is 13.2. The second kappa shape index (κ2) is 8.79. The van der Waals surface area contributed by atoms with E-state index in [2.05, 4.69) is 0 Å². The number of hydrogen-bond acceptors (Lipinski definition) is 1. The normalized spacial score (nSPS) is 12.7. The van der Waals surface area contributed by atoms with E-state index < -0.39 is 0 Å². The molecule has 0 saturated carbocycles. The molecule has 0 heterocycles. The van der Waals surface area contributed by atoms with Crippen LogP contribution in [0.4, 0.5) is 4.39 Å². The van der Waals surface area contributed by atoms with E-state index in [0.29, 0.717) is 0 Å². The van der Waals surface area contributed by atoms with Crippen molar-refractivity contribution in [1.29, 1.82) is 0 Å². The van der Waals surface area contributed by atoms with E-state index in [0.717, 1.165) is 17.7 Å². The molecule has 14 heavy (non-hydrogen) atoms. The molecule has 1 nitrogen and oxygen atoms in total. The van der Waals surface area contributed by atoms with Crippen LogP contribution in [0.5, 0.6) is 0 Å². The third kappa shape index (κ3) is 6.70. The van der Waals surface area contributed by atoms with Crippen molar-refractivity contribution >= 4 is 0 Å². The predicted octanol–water partition coefficient (Wildman–Crippen LogP) is 4.13. The molecule has 0 N–H and O–H groups in total. The second-order valence-corrected chi connectivity index (χ2v) is 3.16. The molecule has 0 spiro atoms. The molecule has 0 rings (SSSR count). The summed E-state index contributed by atoms with van der Waals surface area (Å²) in [5.41, 5.74) is 1.73. The first-order valence-corrected chi connectivity index (χ1v) is 5.20. The number of allylic oxidation sites excluding steroid dienone is 4. The number of hydrogen-bond donors (Lipinski definition) is 0. The van der Waals surface area contributed by atoms with Gasteiger partial charge in [0.1, 0.15) is 5.83 Å². The topological polar surface area (TPSA) is 3.24 Å². The minimum atomic E-state index is -0.108. The summed E-state index contributed by atoms with van der Waals surface area (Å²) in [6, 6.07) is 0. The zero-order valence-corrected chi connectivity index (χ0v) is 10.6. The third-order valence-electron chi connectivity index (χ3n) is 1.98. The summed E-state index contributed by atoms with van der Waals surface area (Å²) < 4.78 is 13.2. The van der Waals surface area contributed by atoms with Crippen molar-refractivity contribution in [1.82, 2.24) is 4.90 Å². The van der Waals surface area contributed by atoms with Crippen molar-refractivity contribution in [2.75, 3.05) is 14.1 Å². The van der Waals surface area contributed by atoms with Crippen LogP contribution in [0.25, 0.3) is 0 Å². The Labute approximate surface area is 88.3 Å². The van der Waals surface area contributed by atoms with Gasteiger partial charge in [-0.3, -0.25) is 0 Å². The van der Waals surface area contributed by atoms with Gasteiger partial charge in [-0.25, -0.2) is 4.39 Å². The Hall–Kier alpha value is -0.790. The fourth-order valence-electron chi connectivity index (χ4n) is 0.605. The van der Waals surface area contributed by atoms with E-state index in [1.54, 1.807) is 6.08 Å². The fraction of sp³-hybridized carbons (Fsp3) is 0.667. The van der Waals surface area contributed by atoms with Crippen LogP contribution in [0.3, 0.4) is 0 Å². The van der Waals surface area contributed by atoms with Crippen LogP contribution in [0.1, 0.15) is 41.0 Å². The molecule has 0 radical (unpaired) electrons. The van der Waals surface area contributed by atoms with Crippen molar-refractivity contribution in [3.63, 3.8) is 0 Å². The maximum atomic E-state index is 13.2. The molecule has 0 amide bonds. The summed E-state index contributed by atoms with van der Waals surface area (Å²) in [6.45, 7) is 9.66. The van der Waals surface area contributed by atoms with E-state index in [1.807, 2.05) is 53.6 Å². The lowest BCUT2D eigenvalue weighted by Crippen LogP contribution is -2.07. The van der Waals surface area contributed by atoms with Gasteiger partial charge in [0.25, 0.3) is 0 Å². The van der Waals surface area contributed by atoms with Gasteiger partial charge >= 0.3 is 0 Å². The summed E-state index contributed by atoms with van der Waals surface area (Å²) in [7, 11) is 3.81. The van der Waals surface area contributed by atoms with Crippen LogP contribution in [-0.2, 0) is 0 Å². The lowest BCUT2D eigenvalue weighted by Gasteiger charge is -2.12. The Morgan fingerprint density at radius 2 is 1.64 bits per heavy atom. The van der Waals surface area contributed by atoms with Gasteiger partial charge in [-0.15, -0.1) is 0 Å². The minimum absolute atomic E-state index is 0.108. The predicted molar refractivity (Wildman–Crippen MR) is 62.9 cm³/mol. The van der Waals surface area contributed by atoms with Crippen molar-refractivity contribution in [3.05, 3.63) is 23.2 Å². The van der Waals surface area contributed by atoms with Gasteiger partial charge in [0, 0.05) is 19.8 Å². The average Bonchev–Trinajstić information content (AvgIpc) is 2.19. The Morgan fingerprint density at radius 1 is 1.21 bits per heavy atom. The summed E-state index contributed by atoms with van der Waals surface area (Å²) in [5.74, 6) is -0.108. The van der Waals surface area contributed by atoms with Gasteiger partial charge in [-0.05, 0) is 31.9 Å². The van der Waals surface area contributed by atoms with Crippen LogP contribution in [0, 0.1) is 0 Å². The highest BCUT2D eigenvalue weighted by Crippen LogP contribution is 2.13. The van der Waals surface area contributed by atoms with Crippen molar-refractivity contribution < 1.29 is 4.39 Å². The van der Waals surface area contributed by atoms with Gasteiger partial charge in [0.05, 0.1) is 0 Å². The molecule has 0 unspecified atom stereocenters. The Bertz CT molecular complexity index is 202. The van der Waals surface area contributed by atoms with Crippen LogP contribution < -0.4 is 0 Å². The zero-order valence-electron chi connectivity index (χ0n) is 10.6. The van der Waals surface area contributed by atoms with Crippen molar-refractivity contribution in [3.8, 4) is 0 Å². The van der Waals surface area contributed by atoms with Gasteiger partial charge < -0.3 is 4.90 Å². The molecule has 2 heteroatoms. The fourth-order valence-corrected chi connectivity index (χ4v) is 0.605. The number of halogens is 1. The maximum Gasteiger partial charge on any atom is 0.123 e. The molecule has 0 fully saturated rings. The number of nitrogens with zero attached hydrogens (tertiary/aromatic N) is 1. The van der Waals surface area contributed by atoms with Crippen molar-refractivity contribution in [2.45, 2.75) is 41.0 Å². The quantitative estimate of drug-likeness (QED) is 0.620. The van der Waals surface area contributed by atoms with Gasteiger partial charge in [-0.2, -0.15) is 0 Å². The first kappa shape index (κ1) is 15.7. The van der Waals surface area contributed by atoms with E-state index in [4.69, 9.17) is 0 Å². The molecule has 0 aliphatic carbocycles. The molecule has 0 aromatic carbocycles. The SMILES string of the molecule is CC.CC/C(C)=C(F)\C=C(/C)N(C)C. The van der Waals surface area contributed by atoms with Gasteiger partial charge in [0.15, 0.2) is 0 Å². The third-order valence-corrected chi connectivity index (χ3v) is 1.98. The first-order valence-electron chi connectivity index (χ1n) is 5.20. The van der Waals surface area contributed by atoms with E-state index in [9.17, 15) is 4.39 Å². The Balaban J connectivity index is 0. The van der Waals surface area contributed by atoms with Crippen LogP contribution in [-0.4, -0.2) is 19.0 Å². The van der Waals surface area contributed by atoms with Crippen LogP contribution in [0.2, 0.25) is 0 Å². The van der Waals surface area contributed by atoms with E-state index in [-0.39, 0.29) is 5.83 Å². The zero-order chi connectivity index (χ0) is 11.7. The standard InChI is InChI=1S/C10H18FN.C2H6/c1-6-8(2)10(11)7-9(3)12(4)5;1-2/h7H,6H2,1-5H3;1-2H3/b9-7+,10-8+;. The van der Waals surface area contributed by atoms with Crippen LogP contribution in [0.15, 0.2) is 23.2 Å². The molecule has 0 bridgehead atoms. The average molecular weight is 201 g/mol. The Kier molecular flexibility index (Phi) is 9.84. The molecule has 0 aromatic heterocycles. The molecule has 0 atom stereocenters. The van der Waals surface area contributed by atoms with E-state index in [1.165, 1.54) is 0 Å². The number of rotatable bonds is 3. The highest BCUT2D eigenvalue weighted by Gasteiger charge is 1.97. The Morgan fingerprint density at radius 3 is 1.93 bits per heavy atom. The molecule has 0 aliphatic heterocycles. The first-order chi connectivity index (χ1) is 6.49. The van der Waals surface area contributed by atoms with Crippen LogP contribution >= 0.6 is 0 Å². The summed E-state index contributed by atoms with van der Waals surface area (Å²) in [6.07, 6.45) is 2.34. The lowest BCUT2D eigenvalue weighted by atomic mass is 10.2. The minimum Gasteiger partial charge on any atom is -0.381 e. The molecular formula is C12H24FN.